The minimum atomic E-state index is -0.815. The van der Waals surface area contributed by atoms with Crippen LogP contribution in [0.3, 0.4) is 0 Å². The van der Waals surface area contributed by atoms with Gasteiger partial charge in [-0.25, -0.2) is 4.39 Å². The molecule has 3 rings (SSSR count). The van der Waals surface area contributed by atoms with Gasteiger partial charge in [-0.05, 0) is 30.2 Å². The summed E-state index contributed by atoms with van der Waals surface area (Å²) in [5.74, 6) is -1.56. The van der Waals surface area contributed by atoms with Crippen LogP contribution in [0.4, 0.5) is 4.39 Å². The number of ether oxygens (including phenoxy) is 2. The van der Waals surface area contributed by atoms with Gasteiger partial charge in [-0.1, -0.05) is 24.3 Å². The average molecular weight is 455 g/mol. The molecular formula is C23H26FN5O4. The smallest absolute Gasteiger partial charge is 0.255 e. The van der Waals surface area contributed by atoms with E-state index in [2.05, 4.69) is 10.6 Å². The standard InChI is InChI=1S/C23H26FN5O4/c1-32-18-7-6-15(24)10-17(18)23(31)28-11-13-2-4-14(5-3-13)20(25)19(22(27)30)21(26)29-16-8-9-33-12-16/h2-7,10,16,25,29H,8-9,11-12,26H2,1H3,(H2,27,30)(H,28,31)/b21-19+,25-20?. The van der Waals surface area contributed by atoms with Gasteiger partial charge < -0.3 is 31.6 Å². The number of primary amides is 1. The summed E-state index contributed by atoms with van der Waals surface area (Å²) in [6, 6.07) is 10.3. The van der Waals surface area contributed by atoms with Crippen LogP contribution >= 0.6 is 0 Å². The fourth-order valence-corrected chi connectivity index (χ4v) is 3.40. The Bertz CT molecular complexity index is 1080. The fraction of sp³-hybridized carbons (Fsp3) is 0.261. The zero-order valence-electron chi connectivity index (χ0n) is 18.1. The van der Waals surface area contributed by atoms with Crippen molar-refractivity contribution in [2.24, 2.45) is 11.5 Å². The van der Waals surface area contributed by atoms with Crippen molar-refractivity contribution in [2.45, 2.75) is 19.0 Å². The SMILES string of the molecule is COc1ccc(F)cc1C(=O)NCc1ccc(C(=N)/C(C(N)=O)=C(/N)NC2CCOC2)cc1. The van der Waals surface area contributed by atoms with E-state index in [1.54, 1.807) is 24.3 Å². The van der Waals surface area contributed by atoms with Gasteiger partial charge in [0.1, 0.15) is 23.0 Å². The summed E-state index contributed by atoms with van der Waals surface area (Å²) in [6.07, 6.45) is 0.738. The molecule has 1 aliphatic heterocycles. The van der Waals surface area contributed by atoms with Gasteiger partial charge in [0.15, 0.2) is 0 Å². The van der Waals surface area contributed by atoms with Gasteiger partial charge >= 0.3 is 0 Å². The van der Waals surface area contributed by atoms with Crippen LogP contribution in [0.2, 0.25) is 0 Å². The first-order chi connectivity index (χ1) is 15.8. The molecular weight excluding hydrogens is 429 g/mol. The third-order valence-corrected chi connectivity index (χ3v) is 5.16. The highest BCUT2D eigenvalue weighted by Gasteiger charge is 2.22. The molecule has 0 aliphatic carbocycles. The number of carbonyl (C=O) groups excluding carboxylic acids is 2. The van der Waals surface area contributed by atoms with Gasteiger partial charge in [0.25, 0.3) is 11.8 Å². The third-order valence-electron chi connectivity index (χ3n) is 5.16. The lowest BCUT2D eigenvalue weighted by Gasteiger charge is -2.16. The summed E-state index contributed by atoms with van der Waals surface area (Å²) in [6.45, 7) is 1.22. The van der Waals surface area contributed by atoms with Crippen molar-refractivity contribution in [1.29, 1.82) is 5.41 Å². The Labute approximate surface area is 190 Å². The van der Waals surface area contributed by atoms with Gasteiger partial charge in [0, 0.05) is 18.7 Å². The number of hydrogen-bond acceptors (Lipinski definition) is 7. The van der Waals surface area contributed by atoms with E-state index in [0.717, 1.165) is 18.1 Å². The van der Waals surface area contributed by atoms with Crippen molar-refractivity contribution < 1.29 is 23.5 Å². The molecule has 0 spiro atoms. The van der Waals surface area contributed by atoms with Crippen molar-refractivity contribution in [1.82, 2.24) is 10.6 Å². The molecule has 0 aromatic heterocycles. The molecule has 1 aliphatic rings. The molecule has 10 heteroatoms. The fourth-order valence-electron chi connectivity index (χ4n) is 3.40. The lowest BCUT2D eigenvalue weighted by Crippen LogP contribution is -2.37. The molecule has 1 fully saturated rings. The Morgan fingerprint density at radius 1 is 1.21 bits per heavy atom. The second-order valence-corrected chi connectivity index (χ2v) is 7.46. The van der Waals surface area contributed by atoms with Crippen LogP contribution in [0.1, 0.15) is 27.9 Å². The number of methoxy groups -OCH3 is 1. The number of rotatable bonds is 9. The molecule has 0 saturated carbocycles. The van der Waals surface area contributed by atoms with E-state index in [1.165, 1.54) is 19.2 Å². The van der Waals surface area contributed by atoms with E-state index in [9.17, 15) is 14.0 Å². The molecule has 2 aromatic rings. The largest absolute Gasteiger partial charge is 0.496 e. The summed E-state index contributed by atoms with van der Waals surface area (Å²) >= 11 is 0. The molecule has 1 atom stereocenters. The molecule has 9 nitrogen and oxygen atoms in total. The third kappa shape index (κ3) is 5.86. The number of hydrogen-bond donors (Lipinski definition) is 5. The van der Waals surface area contributed by atoms with Crippen molar-refractivity contribution in [3.63, 3.8) is 0 Å². The summed E-state index contributed by atoms with van der Waals surface area (Å²) < 4.78 is 23.9. The predicted octanol–water partition coefficient (Wildman–Crippen LogP) is 1.17. The molecule has 2 aromatic carbocycles. The first kappa shape index (κ1) is 23.7. The van der Waals surface area contributed by atoms with Gasteiger partial charge in [-0.2, -0.15) is 0 Å². The van der Waals surface area contributed by atoms with E-state index in [4.69, 9.17) is 26.4 Å². The van der Waals surface area contributed by atoms with E-state index in [1.807, 2.05) is 0 Å². The first-order valence-corrected chi connectivity index (χ1v) is 10.2. The molecule has 33 heavy (non-hydrogen) atoms. The zero-order chi connectivity index (χ0) is 24.0. The maximum absolute atomic E-state index is 13.5. The second-order valence-electron chi connectivity index (χ2n) is 7.46. The van der Waals surface area contributed by atoms with Crippen LogP contribution in [0.5, 0.6) is 5.75 Å². The summed E-state index contributed by atoms with van der Waals surface area (Å²) in [5.41, 5.74) is 12.5. The van der Waals surface area contributed by atoms with Crippen LogP contribution < -0.4 is 26.8 Å². The number of halogens is 1. The second kappa shape index (κ2) is 10.6. The summed E-state index contributed by atoms with van der Waals surface area (Å²) in [5, 5.41) is 14.1. The predicted molar refractivity (Wildman–Crippen MR) is 120 cm³/mol. The van der Waals surface area contributed by atoms with Crippen LogP contribution in [0.25, 0.3) is 0 Å². The number of amides is 2. The number of benzene rings is 2. The Kier molecular flexibility index (Phi) is 7.62. The van der Waals surface area contributed by atoms with Crippen molar-refractivity contribution in [3.8, 4) is 5.75 Å². The molecule has 1 unspecified atom stereocenters. The normalized spacial score (nSPS) is 16.0. The highest BCUT2D eigenvalue weighted by Crippen LogP contribution is 2.19. The molecule has 7 N–H and O–H groups in total. The van der Waals surface area contributed by atoms with Crippen molar-refractivity contribution >= 4 is 17.5 Å². The maximum atomic E-state index is 13.5. The summed E-state index contributed by atoms with van der Waals surface area (Å²) in [7, 11) is 1.40. The van der Waals surface area contributed by atoms with Gasteiger partial charge in [-0.3, -0.25) is 15.0 Å². The van der Waals surface area contributed by atoms with Gasteiger partial charge in [-0.15, -0.1) is 0 Å². The van der Waals surface area contributed by atoms with Crippen molar-refractivity contribution in [2.75, 3.05) is 20.3 Å². The Hall–Kier alpha value is -3.92. The summed E-state index contributed by atoms with van der Waals surface area (Å²) in [4.78, 5) is 24.4. The molecule has 1 heterocycles. The molecule has 174 valence electrons. The Morgan fingerprint density at radius 2 is 1.94 bits per heavy atom. The van der Waals surface area contributed by atoms with E-state index in [-0.39, 0.29) is 41.0 Å². The molecule has 0 bridgehead atoms. The maximum Gasteiger partial charge on any atom is 0.255 e. The van der Waals surface area contributed by atoms with E-state index < -0.39 is 17.6 Å². The average Bonchev–Trinajstić information content (AvgIpc) is 3.30. The van der Waals surface area contributed by atoms with Crippen LogP contribution in [0.15, 0.2) is 53.9 Å². The number of nitrogens with two attached hydrogens (primary N) is 2. The van der Waals surface area contributed by atoms with E-state index >= 15 is 0 Å². The quantitative estimate of drug-likeness (QED) is 0.283. The van der Waals surface area contributed by atoms with Crippen LogP contribution in [-0.4, -0.2) is 43.9 Å². The van der Waals surface area contributed by atoms with Gasteiger partial charge in [0.05, 0.1) is 31.0 Å². The van der Waals surface area contributed by atoms with Crippen molar-refractivity contribution in [3.05, 3.63) is 76.4 Å². The van der Waals surface area contributed by atoms with Crippen LogP contribution in [0, 0.1) is 11.2 Å². The minimum Gasteiger partial charge on any atom is -0.496 e. The first-order valence-electron chi connectivity index (χ1n) is 10.2. The topological polar surface area (TPSA) is 153 Å². The minimum absolute atomic E-state index is 0.0309. The molecule has 1 saturated heterocycles. The lowest BCUT2D eigenvalue weighted by atomic mass is 10.00. The lowest BCUT2D eigenvalue weighted by molar-refractivity contribution is -0.114. The molecule has 0 radical (unpaired) electrons. The highest BCUT2D eigenvalue weighted by molar-refractivity contribution is 6.26. The Morgan fingerprint density at radius 3 is 2.55 bits per heavy atom. The van der Waals surface area contributed by atoms with Crippen LogP contribution in [-0.2, 0) is 16.1 Å². The zero-order valence-corrected chi connectivity index (χ0v) is 18.1. The number of carbonyl (C=O) groups is 2. The monoisotopic (exact) mass is 455 g/mol. The van der Waals surface area contributed by atoms with E-state index in [0.29, 0.717) is 18.8 Å². The molecule has 2 amide bonds. The number of nitrogens with one attached hydrogen (secondary N) is 3. The Balaban J connectivity index is 1.68. The van der Waals surface area contributed by atoms with Gasteiger partial charge in [0.2, 0.25) is 0 Å². The highest BCUT2D eigenvalue weighted by atomic mass is 19.1.